The molecule has 0 amide bonds. The molecule has 0 spiro atoms. The van der Waals surface area contributed by atoms with Crippen molar-refractivity contribution >= 4 is 22.7 Å². The molecule has 3 aromatic carbocycles. The topological polar surface area (TPSA) is 34.9 Å². The molecule has 1 aromatic heterocycles. The zero-order valence-corrected chi connectivity index (χ0v) is 16.5. The smallest absolute Gasteiger partial charge is 0.266 e. The van der Waals surface area contributed by atoms with Gasteiger partial charge in [-0.1, -0.05) is 53.7 Å². The number of rotatable bonds is 4. The minimum absolute atomic E-state index is 0.0979. The molecule has 0 fully saturated rings. The van der Waals surface area contributed by atoms with Crippen molar-refractivity contribution in [2.24, 2.45) is 0 Å². The molecule has 0 aliphatic rings. The SMILES string of the molecule is Cc1ccc(-n2c(SCc3cccc(F)c3)nc3ccccc3c2=O)c(C)c1. The first kappa shape index (κ1) is 18.4. The van der Waals surface area contributed by atoms with E-state index in [1.807, 2.05) is 50.2 Å². The van der Waals surface area contributed by atoms with E-state index in [0.29, 0.717) is 21.8 Å². The second-order valence-corrected chi connectivity index (χ2v) is 7.70. The van der Waals surface area contributed by atoms with Crippen LogP contribution in [0.15, 0.2) is 76.7 Å². The van der Waals surface area contributed by atoms with Crippen LogP contribution in [-0.2, 0) is 5.75 Å². The summed E-state index contributed by atoms with van der Waals surface area (Å²) in [7, 11) is 0. The number of benzene rings is 3. The van der Waals surface area contributed by atoms with E-state index < -0.39 is 0 Å². The van der Waals surface area contributed by atoms with Crippen LogP contribution in [0.5, 0.6) is 0 Å². The molecule has 0 saturated carbocycles. The number of fused-ring (bicyclic) bond motifs is 1. The average molecular weight is 390 g/mol. The summed E-state index contributed by atoms with van der Waals surface area (Å²) in [5.41, 5.74) is 4.37. The number of hydrogen-bond acceptors (Lipinski definition) is 3. The van der Waals surface area contributed by atoms with Crippen molar-refractivity contribution in [2.45, 2.75) is 24.8 Å². The van der Waals surface area contributed by atoms with Crippen molar-refractivity contribution < 1.29 is 4.39 Å². The fraction of sp³-hybridized carbons (Fsp3) is 0.130. The lowest BCUT2D eigenvalue weighted by Crippen LogP contribution is -2.22. The van der Waals surface area contributed by atoms with Crippen molar-refractivity contribution in [1.29, 1.82) is 0 Å². The third-order valence-corrected chi connectivity index (χ3v) is 5.60. The van der Waals surface area contributed by atoms with E-state index in [2.05, 4.69) is 6.07 Å². The van der Waals surface area contributed by atoms with Gasteiger partial charge in [-0.15, -0.1) is 0 Å². The lowest BCUT2D eigenvalue weighted by Gasteiger charge is -2.15. The lowest BCUT2D eigenvalue weighted by atomic mass is 10.1. The maximum Gasteiger partial charge on any atom is 0.266 e. The molecule has 0 bridgehead atoms. The van der Waals surface area contributed by atoms with Crippen LogP contribution >= 0.6 is 11.8 Å². The minimum Gasteiger partial charge on any atom is -0.268 e. The molecule has 0 N–H and O–H groups in total. The van der Waals surface area contributed by atoms with E-state index in [9.17, 15) is 9.18 Å². The predicted octanol–water partition coefficient (Wildman–Crippen LogP) is 5.43. The van der Waals surface area contributed by atoms with Crippen LogP contribution in [0.25, 0.3) is 16.6 Å². The Hall–Kier alpha value is -2.92. The summed E-state index contributed by atoms with van der Waals surface area (Å²) in [4.78, 5) is 18.0. The third-order valence-electron chi connectivity index (χ3n) is 4.60. The van der Waals surface area contributed by atoms with Gasteiger partial charge in [0.25, 0.3) is 5.56 Å². The first-order chi connectivity index (χ1) is 13.5. The normalized spacial score (nSPS) is 11.1. The van der Waals surface area contributed by atoms with E-state index in [4.69, 9.17) is 4.98 Å². The molecule has 0 radical (unpaired) electrons. The Morgan fingerprint density at radius 2 is 1.82 bits per heavy atom. The van der Waals surface area contributed by atoms with Crippen LogP contribution in [-0.4, -0.2) is 9.55 Å². The molecule has 1 heterocycles. The van der Waals surface area contributed by atoms with Crippen LogP contribution in [0, 0.1) is 19.7 Å². The van der Waals surface area contributed by atoms with Gasteiger partial charge < -0.3 is 0 Å². The Morgan fingerprint density at radius 1 is 1.00 bits per heavy atom. The number of hydrogen-bond donors (Lipinski definition) is 0. The van der Waals surface area contributed by atoms with E-state index in [1.165, 1.54) is 23.9 Å². The van der Waals surface area contributed by atoms with Crippen LogP contribution in [0.1, 0.15) is 16.7 Å². The number of para-hydroxylation sites is 1. The quantitative estimate of drug-likeness (QED) is 0.344. The van der Waals surface area contributed by atoms with Gasteiger partial charge in [0.15, 0.2) is 5.16 Å². The Labute approximate surface area is 166 Å². The van der Waals surface area contributed by atoms with Gasteiger partial charge in [0, 0.05) is 5.75 Å². The first-order valence-corrected chi connectivity index (χ1v) is 9.98. The number of aromatic nitrogens is 2. The second-order valence-electron chi connectivity index (χ2n) is 6.76. The van der Waals surface area contributed by atoms with Gasteiger partial charge in [0.2, 0.25) is 0 Å². The van der Waals surface area contributed by atoms with Crippen molar-refractivity contribution in [2.75, 3.05) is 0 Å². The van der Waals surface area contributed by atoms with Gasteiger partial charge in [0.1, 0.15) is 5.82 Å². The van der Waals surface area contributed by atoms with Gasteiger partial charge in [-0.3, -0.25) is 9.36 Å². The van der Waals surface area contributed by atoms with Crippen LogP contribution in [0.2, 0.25) is 0 Å². The zero-order chi connectivity index (χ0) is 19.7. The maximum absolute atomic E-state index is 13.5. The molecule has 140 valence electrons. The fourth-order valence-electron chi connectivity index (χ4n) is 3.25. The van der Waals surface area contributed by atoms with Gasteiger partial charge in [-0.25, -0.2) is 9.37 Å². The minimum atomic E-state index is -0.267. The Bertz CT molecular complexity index is 1230. The molecule has 5 heteroatoms. The Kier molecular flexibility index (Phi) is 5.01. The molecule has 3 nitrogen and oxygen atoms in total. The summed E-state index contributed by atoms with van der Waals surface area (Å²) in [5.74, 6) is 0.254. The summed E-state index contributed by atoms with van der Waals surface area (Å²) in [5, 5.41) is 1.18. The monoisotopic (exact) mass is 390 g/mol. The lowest BCUT2D eigenvalue weighted by molar-refractivity contribution is 0.626. The van der Waals surface area contributed by atoms with Crippen molar-refractivity contribution in [3.05, 3.63) is 99.6 Å². The summed E-state index contributed by atoms with van der Waals surface area (Å²) < 4.78 is 15.2. The summed E-state index contributed by atoms with van der Waals surface area (Å²) in [6.45, 7) is 4.02. The second kappa shape index (κ2) is 7.60. The van der Waals surface area contributed by atoms with E-state index in [-0.39, 0.29) is 11.4 Å². The molecule has 0 saturated heterocycles. The van der Waals surface area contributed by atoms with Crippen molar-refractivity contribution in [1.82, 2.24) is 9.55 Å². The average Bonchev–Trinajstić information content (AvgIpc) is 2.68. The molecule has 4 rings (SSSR count). The highest BCUT2D eigenvalue weighted by atomic mass is 32.2. The highest BCUT2D eigenvalue weighted by Crippen LogP contribution is 2.26. The fourth-order valence-corrected chi connectivity index (χ4v) is 4.20. The van der Waals surface area contributed by atoms with Gasteiger partial charge in [0.05, 0.1) is 16.6 Å². The molecular weight excluding hydrogens is 371 g/mol. The summed E-state index contributed by atoms with van der Waals surface area (Å²) >= 11 is 1.43. The number of nitrogens with zero attached hydrogens (tertiary/aromatic N) is 2. The highest BCUT2D eigenvalue weighted by Gasteiger charge is 2.15. The largest absolute Gasteiger partial charge is 0.268 e. The molecular formula is C23H19FN2OS. The molecule has 0 unspecified atom stereocenters. The molecule has 0 atom stereocenters. The Morgan fingerprint density at radius 3 is 2.61 bits per heavy atom. The van der Waals surface area contributed by atoms with Crippen molar-refractivity contribution in [3.8, 4) is 5.69 Å². The third kappa shape index (κ3) is 3.58. The van der Waals surface area contributed by atoms with E-state index in [1.54, 1.807) is 16.7 Å². The van der Waals surface area contributed by atoms with Gasteiger partial charge >= 0.3 is 0 Å². The van der Waals surface area contributed by atoms with E-state index >= 15 is 0 Å². The maximum atomic E-state index is 13.5. The molecule has 28 heavy (non-hydrogen) atoms. The molecule has 0 aliphatic heterocycles. The Balaban J connectivity index is 1.87. The zero-order valence-electron chi connectivity index (χ0n) is 15.6. The first-order valence-electron chi connectivity index (χ1n) is 8.99. The predicted molar refractivity (Wildman–Crippen MR) is 113 cm³/mol. The van der Waals surface area contributed by atoms with E-state index in [0.717, 1.165) is 22.4 Å². The standard InChI is InChI=1S/C23H19FN2OS/c1-15-10-11-21(16(2)12-15)26-22(27)19-8-3-4-9-20(19)25-23(26)28-14-17-6-5-7-18(24)13-17/h3-13H,14H2,1-2H3. The summed E-state index contributed by atoms with van der Waals surface area (Å²) in [6.07, 6.45) is 0. The van der Waals surface area contributed by atoms with Crippen LogP contribution < -0.4 is 5.56 Å². The number of halogens is 1. The summed E-state index contributed by atoms with van der Waals surface area (Å²) in [6, 6.07) is 19.8. The van der Waals surface area contributed by atoms with Crippen LogP contribution in [0.4, 0.5) is 4.39 Å². The highest BCUT2D eigenvalue weighted by molar-refractivity contribution is 7.98. The molecule has 0 aliphatic carbocycles. The number of thioether (sulfide) groups is 1. The van der Waals surface area contributed by atoms with Gasteiger partial charge in [-0.2, -0.15) is 0 Å². The number of aryl methyl sites for hydroxylation is 2. The molecule has 4 aromatic rings. The van der Waals surface area contributed by atoms with Gasteiger partial charge in [-0.05, 0) is 55.3 Å². The van der Waals surface area contributed by atoms with Crippen LogP contribution in [0.3, 0.4) is 0 Å². The van der Waals surface area contributed by atoms with Crippen molar-refractivity contribution in [3.63, 3.8) is 0 Å².